The molecular weight excluding hydrogens is 402 g/mol. The number of piperidine rings is 1. The Morgan fingerprint density at radius 3 is 2.66 bits per heavy atom. The zero-order valence-corrected chi connectivity index (χ0v) is 17.8. The SMILES string of the molecule is CCCn1c(N)c(N(CCOC)C(=O)C2CCCN(S(C)(=O)=O)C2)c(=O)[nH]c1=O. The van der Waals surface area contributed by atoms with Gasteiger partial charge in [0.15, 0.2) is 5.69 Å². The van der Waals surface area contributed by atoms with Gasteiger partial charge in [0.2, 0.25) is 15.9 Å². The van der Waals surface area contributed by atoms with E-state index in [1.54, 1.807) is 0 Å². The lowest BCUT2D eigenvalue weighted by molar-refractivity contribution is -0.123. The highest BCUT2D eigenvalue weighted by Gasteiger charge is 2.35. The van der Waals surface area contributed by atoms with E-state index in [9.17, 15) is 22.8 Å². The highest BCUT2D eigenvalue weighted by molar-refractivity contribution is 7.88. The standard InChI is InChI=1S/C17H29N5O6S/c1-4-7-22-14(18)13(15(23)19-17(22)25)21(9-10-28-2)16(24)12-6-5-8-20(11-12)29(3,26)27/h12H,4-11,18H2,1-3H3,(H,19,23,25). The van der Waals surface area contributed by atoms with Crippen LogP contribution in [0.25, 0.3) is 0 Å². The fourth-order valence-corrected chi connectivity index (χ4v) is 4.38. The quantitative estimate of drug-likeness (QED) is 0.546. The number of methoxy groups -OCH3 is 1. The van der Waals surface area contributed by atoms with Crippen molar-refractivity contribution in [3.05, 3.63) is 20.8 Å². The maximum Gasteiger partial charge on any atom is 0.330 e. The lowest BCUT2D eigenvalue weighted by Crippen LogP contribution is -2.49. The molecule has 1 aromatic heterocycles. The Bertz CT molecular complexity index is 954. The minimum atomic E-state index is -3.44. The number of aromatic nitrogens is 2. The van der Waals surface area contributed by atoms with Crippen LogP contribution < -0.4 is 21.9 Å². The summed E-state index contributed by atoms with van der Waals surface area (Å²) in [6, 6.07) is 0. The molecule has 12 heteroatoms. The van der Waals surface area contributed by atoms with E-state index in [1.165, 1.54) is 20.9 Å². The van der Waals surface area contributed by atoms with Crippen LogP contribution in [0.5, 0.6) is 0 Å². The van der Waals surface area contributed by atoms with Crippen molar-refractivity contribution in [1.82, 2.24) is 13.9 Å². The average Bonchev–Trinajstić information content (AvgIpc) is 2.66. The minimum absolute atomic E-state index is 0.0353. The number of nitrogens with zero attached hydrogens (tertiary/aromatic N) is 3. The number of nitrogen functional groups attached to an aromatic ring is 1. The molecule has 1 fully saturated rings. The molecule has 1 amide bonds. The summed E-state index contributed by atoms with van der Waals surface area (Å²) in [6.07, 6.45) is 2.73. The molecule has 0 radical (unpaired) electrons. The summed E-state index contributed by atoms with van der Waals surface area (Å²) < 4.78 is 31.3. The number of carbonyl (C=O) groups excluding carboxylic acids is 1. The van der Waals surface area contributed by atoms with Gasteiger partial charge in [-0.15, -0.1) is 0 Å². The Labute approximate surface area is 169 Å². The molecule has 1 aromatic rings. The van der Waals surface area contributed by atoms with E-state index in [-0.39, 0.29) is 37.7 Å². The molecule has 29 heavy (non-hydrogen) atoms. The zero-order chi connectivity index (χ0) is 21.8. The van der Waals surface area contributed by atoms with Gasteiger partial charge in [-0.3, -0.25) is 19.1 Å². The van der Waals surface area contributed by atoms with Crippen molar-refractivity contribution < 1.29 is 17.9 Å². The topological polar surface area (TPSA) is 148 Å². The summed E-state index contributed by atoms with van der Waals surface area (Å²) in [4.78, 5) is 41.3. The van der Waals surface area contributed by atoms with Crippen LogP contribution in [0.4, 0.5) is 11.5 Å². The number of amides is 1. The number of hydrogen-bond donors (Lipinski definition) is 2. The summed E-state index contributed by atoms with van der Waals surface area (Å²) in [6.45, 7) is 2.71. The van der Waals surface area contributed by atoms with Gasteiger partial charge in [0.25, 0.3) is 5.56 Å². The Kier molecular flexibility index (Phi) is 7.60. The first kappa shape index (κ1) is 23.1. The van der Waals surface area contributed by atoms with E-state index in [2.05, 4.69) is 4.98 Å². The highest BCUT2D eigenvalue weighted by Crippen LogP contribution is 2.25. The molecule has 11 nitrogen and oxygen atoms in total. The van der Waals surface area contributed by atoms with E-state index in [0.717, 1.165) is 6.26 Å². The van der Waals surface area contributed by atoms with Gasteiger partial charge in [0, 0.05) is 33.3 Å². The number of sulfonamides is 1. The molecule has 0 saturated carbocycles. The number of rotatable bonds is 8. The molecule has 2 heterocycles. The fourth-order valence-electron chi connectivity index (χ4n) is 3.46. The maximum atomic E-state index is 13.3. The van der Waals surface area contributed by atoms with E-state index in [1.807, 2.05) is 6.92 Å². The third-order valence-corrected chi connectivity index (χ3v) is 6.19. The normalized spacial score (nSPS) is 18.0. The second-order valence-corrected chi connectivity index (χ2v) is 9.07. The minimum Gasteiger partial charge on any atom is -0.383 e. The number of nitrogens with two attached hydrogens (primary N) is 1. The summed E-state index contributed by atoms with van der Waals surface area (Å²) in [5.41, 5.74) is 4.59. The van der Waals surface area contributed by atoms with Crippen molar-refractivity contribution in [2.45, 2.75) is 32.7 Å². The second-order valence-electron chi connectivity index (χ2n) is 7.09. The lowest BCUT2D eigenvalue weighted by Gasteiger charge is -2.33. The molecule has 1 aliphatic rings. The van der Waals surface area contributed by atoms with Gasteiger partial charge in [-0.25, -0.2) is 17.5 Å². The van der Waals surface area contributed by atoms with Gasteiger partial charge in [0.05, 0.1) is 18.8 Å². The second kappa shape index (κ2) is 9.55. The summed E-state index contributed by atoms with van der Waals surface area (Å²) in [7, 11) is -1.98. The van der Waals surface area contributed by atoms with Gasteiger partial charge in [0.1, 0.15) is 5.82 Å². The fraction of sp³-hybridized carbons (Fsp3) is 0.706. The molecule has 1 unspecified atom stereocenters. The van der Waals surface area contributed by atoms with Crippen LogP contribution in [0.2, 0.25) is 0 Å². The predicted octanol–water partition coefficient (Wildman–Crippen LogP) is -0.820. The van der Waals surface area contributed by atoms with Crippen molar-refractivity contribution in [3.8, 4) is 0 Å². The van der Waals surface area contributed by atoms with Crippen LogP contribution in [-0.2, 0) is 26.1 Å². The molecular formula is C17H29N5O6S. The number of carbonyl (C=O) groups is 1. The summed E-state index contributed by atoms with van der Waals surface area (Å²) in [5, 5.41) is 0. The maximum absolute atomic E-state index is 13.3. The third-order valence-electron chi connectivity index (χ3n) is 4.92. The number of hydrogen-bond acceptors (Lipinski definition) is 7. The van der Waals surface area contributed by atoms with E-state index in [4.69, 9.17) is 10.5 Å². The predicted molar refractivity (Wildman–Crippen MR) is 109 cm³/mol. The zero-order valence-electron chi connectivity index (χ0n) is 17.0. The molecule has 0 bridgehead atoms. The van der Waals surface area contributed by atoms with Gasteiger partial charge in [-0.1, -0.05) is 6.92 Å². The van der Waals surface area contributed by atoms with Crippen molar-refractivity contribution in [2.75, 3.05) is 50.2 Å². The number of ether oxygens (including phenoxy) is 1. The third kappa shape index (κ3) is 5.25. The van der Waals surface area contributed by atoms with Crippen LogP contribution in [-0.4, -0.2) is 67.8 Å². The smallest absolute Gasteiger partial charge is 0.330 e. The molecule has 3 N–H and O–H groups in total. The molecule has 2 rings (SSSR count). The Morgan fingerprint density at radius 1 is 1.38 bits per heavy atom. The van der Waals surface area contributed by atoms with Crippen molar-refractivity contribution >= 4 is 27.4 Å². The molecule has 164 valence electrons. The Hall–Kier alpha value is -2.18. The summed E-state index contributed by atoms with van der Waals surface area (Å²) >= 11 is 0. The monoisotopic (exact) mass is 431 g/mol. The number of anilines is 2. The van der Waals surface area contributed by atoms with Crippen LogP contribution in [0, 0.1) is 5.92 Å². The summed E-state index contributed by atoms with van der Waals surface area (Å²) in [5.74, 6) is -1.14. The largest absolute Gasteiger partial charge is 0.383 e. The molecule has 0 spiro atoms. The number of nitrogens with one attached hydrogen (secondary N) is 1. The van der Waals surface area contributed by atoms with Crippen molar-refractivity contribution in [2.24, 2.45) is 5.92 Å². The van der Waals surface area contributed by atoms with Gasteiger partial charge >= 0.3 is 5.69 Å². The van der Waals surface area contributed by atoms with Crippen molar-refractivity contribution in [3.63, 3.8) is 0 Å². The number of H-pyrrole nitrogens is 1. The number of aromatic amines is 1. The average molecular weight is 432 g/mol. The molecule has 0 aromatic carbocycles. The van der Waals surface area contributed by atoms with E-state index in [0.29, 0.717) is 25.8 Å². The first-order valence-electron chi connectivity index (χ1n) is 9.49. The Balaban J connectivity index is 2.47. The van der Waals surface area contributed by atoms with E-state index < -0.39 is 33.1 Å². The van der Waals surface area contributed by atoms with Gasteiger partial charge in [-0.05, 0) is 19.3 Å². The van der Waals surface area contributed by atoms with Gasteiger partial charge < -0.3 is 15.4 Å². The molecule has 1 saturated heterocycles. The van der Waals surface area contributed by atoms with Crippen molar-refractivity contribution in [1.29, 1.82) is 0 Å². The van der Waals surface area contributed by atoms with E-state index >= 15 is 0 Å². The van der Waals surface area contributed by atoms with Crippen LogP contribution in [0.3, 0.4) is 0 Å². The van der Waals surface area contributed by atoms with Gasteiger partial charge in [-0.2, -0.15) is 0 Å². The Morgan fingerprint density at radius 2 is 2.07 bits per heavy atom. The van der Waals surface area contributed by atoms with Crippen LogP contribution in [0.15, 0.2) is 9.59 Å². The first-order valence-corrected chi connectivity index (χ1v) is 11.3. The first-order chi connectivity index (χ1) is 13.6. The van der Waals surface area contributed by atoms with Crippen LogP contribution >= 0.6 is 0 Å². The van der Waals surface area contributed by atoms with Crippen LogP contribution in [0.1, 0.15) is 26.2 Å². The molecule has 0 aliphatic carbocycles. The lowest BCUT2D eigenvalue weighted by atomic mass is 9.98. The molecule has 1 atom stereocenters. The molecule has 1 aliphatic heterocycles. The highest BCUT2D eigenvalue weighted by atomic mass is 32.2.